The summed E-state index contributed by atoms with van der Waals surface area (Å²) in [7, 11) is 4.10. The second-order valence-electron chi connectivity index (χ2n) is 5.77. The Kier molecular flexibility index (Phi) is 7.26. The minimum Gasteiger partial charge on any atom is -0.309 e. The molecule has 0 aliphatic carbocycles. The molecule has 0 atom stereocenters. The number of nitrogens with zero attached hydrogens (tertiary/aromatic N) is 3. The highest BCUT2D eigenvalue weighted by Gasteiger charge is 2.21. The number of thiazole rings is 1. The lowest BCUT2D eigenvalue weighted by molar-refractivity contribution is -0.121. The third kappa shape index (κ3) is 4.66. The highest BCUT2D eigenvalue weighted by Crippen LogP contribution is 2.29. The fourth-order valence-corrected chi connectivity index (χ4v) is 3.13. The SMILES string of the molecule is CC(C)C(=O)N(CCCN(C)C)c1nc2ccccc2s1.Cl. The number of amides is 1. The van der Waals surface area contributed by atoms with Crippen molar-refractivity contribution in [2.24, 2.45) is 5.92 Å². The Morgan fingerprint density at radius 1 is 1.23 bits per heavy atom. The number of aromatic nitrogens is 1. The van der Waals surface area contributed by atoms with Gasteiger partial charge < -0.3 is 4.90 Å². The van der Waals surface area contributed by atoms with Gasteiger partial charge in [-0.25, -0.2) is 4.98 Å². The average molecular weight is 342 g/mol. The van der Waals surface area contributed by atoms with Gasteiger partial charge in [-0.15, -0.1) is 12.4 Å². The molecule has 6 heteroatoms. The van der Waals surface area contributed by atoms with E-state index >= 15 is 0 Å². The lowest BCUT2D eigenvalue weighted by Gasteiger charge is -2.22. The van der Waals surface area contributed by atoms with Crippen LogP contribution in [-0.2, 0) is 4.79 Å². The molecule has 1 aromatic carbocycles. The molecule has 0 radical (unpaired) electrons. The molecular weight excluding hydrogens is 318 g/mol. The van der Waals surface area contributed by atoms with Crippen LogP contribution in [0.15, 0.2) is 24.3 Å². The molecule has 4 nitrogen and oxygen atoms in total. The van der Waals surface area contributed by atoms with Crippen LogP contribution in [-0.4, -0.2) is 43.0 Å². The van der Waals surface area contributed by atoms with Gasteiger partial charge in [-0.3, -0.25) is 9.69 Å². The number of hydrogen-bond donors (Lipinski definition) is 0. The molecule has 1 amide bonds. The van der Waals surface area contributed by atoms with Gasteiger partial charge >= 0.3 is 0 Å². The summed E-state index contributed by atoms with van der Waals surface area (Å²) in [4.78, 5) is 21.1. The first kappa shape index (κ1) is 18.9. The summed E-state index contributed by atoms with van der Waals surface area (Å²) in [6.45, 7) is 5.56. The van der Waals surface area contributed by atoms with E-state index in [0.29, 0.717) is 0 Å². The van der Waals surface area contributed by atoms with E-state index in [1.54, 1.807) is 11.3 Å². The number of rotatable bonds is 6. The van der Waals surface area contributed by atoms with Crippen molar-refractivity contribution < 1.29 is 4.79 Å². The monoisotopic (exact) mass is 341 g/mol. The number of carbonyl (C=O) groups excluding carboxylic acids is 1. The molecule has 2 rings (SSSR count). The first-order valence-electron chi connectivity index (χ1n) is 7.30. The lowest BCUT2D eigenvalue weighted by Crippen LogP contribution is -2.36. The zero-order valence-electron chi connectivity index (χ0n) is 13.6. The van der Waals surface area contributed by atoms with Crippen LogP contribution in [0, 0.1) is 5.92 Å². The number of benzene rings is 1. The molecule has 0 N–H and O–H groups in total. The van der Waals surface area contributed by atoms with Gasteiger partial charge in [0.05, 0.1) is 10.2 Å². The van der Waals surface area contributed by atoms with Crippen molar-refractivity contribution in [1.82, 2.24) is 9.88 Å². The largest absolute Gasteiger partial charge is 0.309 e. The maximum atomic E-state index is 12.5. The number of fused-ring (bicyclic) bond motifs is 1. The summed E-state index contributed by atoms with van der Waals surface area (Å²) >= 11 is 1.59. The normalized spacial score (nSPS) is 11.0. The van der Waals surface area contributed by atoms with E-state index in [0.717, 1.165) is 34.9 Å². The second-order valence-corrected chi connectivity index (χ2v) is 6.77. The summed E-state index contributed by atoms with van der Waals surface area (Å²) in [5.74, 6) is 0.129. The first-order valence-corrected chi connectivity index (χ1v) is 8.12. The Labute approximate surface area is 142 Å². The Bertz CT molecular complexity index is 579. The fourth-order valence-electron chi connectivity index (χ4n) is 2.13. The molecule has 122 valence electrons. The zero-order chi connectivity index (χ0) is 15.4. The van der Waals surface area contributed by atoms with E-state index in [1.165, 1.54) is 0 Å². The van der Waals surface area contributed by atoms with Crippen molar-refractivity contribution in [1.29, 1.82) is 0 Å². The molecule has 0 unspecified atom stereocenters. The quantitative estimate of drug-likeness (QED) is 0.804. The zero-order valence-corrected chi connectivity index (χ0v) is 15.2. The third-order valence-corrected chi connectivity index (χ3v) is 4.32. The summed E-state index contributed by atoms with van der Waals surface area (Å²) < 4.78 is 1.13. The summed E-state index contributed by atoms with van der Waals surface area (Å²) in [5, 5.41) is 0.814. The van der Waals surface area contributed by atoms with Crippen LogP contribution in [0.1, 0.15) is 20.3 Å². The van der Waals surface area contributed by atoms with Crippen molar-refractivity contribution in [2.45, 2.75) is 20.3 Å². The van der Waals surface area contributed by atoms with Gasteiger partial charge in [0.2, 0.25) is 5.91 Å². The number of hydrogen-bond acceptors (Lipinski definition) is 4. The molecular formula is C16H24ClN3OS. The molecule has 0 spiro atoms. The van der Waals surface area contributed by atoms with Crippen LogP contribution in [0.3, 0.4) is 0 Å². The van der Waals surface area contributed by atoms with Gasteiger partial charge in [0, 0.05) is 12.5 Å². The number of carbonyl (C=O) groups is 1. The van der Waals surface area contributed by atoms with Crippen LogP contribution in [0.4, 0.5) is 5.13 Å². The van der Waals surface area contributed by atoms with Crippen molar-refractivity contribution in [3.63, 3.8) is 0 Å². The molecule has 0 aliphatic rings. The first-order chi connectivity index (χ1) is 9.99. The van der Waals surface area contributed by atoms with Crippen LogP contribution in [0.2, 0.25) is 0 Å². The number of halogens is 1. The number of anilines is 1. The third-order valence-electron chi connectivity index (χ3n) is 3.26. The van der Waals surface area contributed by atoms with Crippen LogP contribution < -0.4 is 4.90 Å². The van der Waals surface area contributed by atoms with Gasteiger partial charge in [-0.1, -0.05) is 37.3 Å². The van der Waals surface area contributed by atoms with Crippen molar-refractivity contribution in [3.8, 4) is 0 Å². The predicted octanol–water partition coefficient (Wildman–Crippen LogP) is 3.66. The number of para-hydroxylation sites is 1. The van der Waals surface area contributed by atoms with Crippen molar-refractivity contribution >= 4 is 45.0 Å². The standard InChI is InChI=1S/C16H23N3OS.ClH/c1-12(2)15(20)19(11-7-10-18(3)4)16-17-13-8-5-6-9-14(13)21-16;/h5-6,8-9,12H,7,10-11H2,1-4H3;1H. The highest BCUT2D eigenvalue weighted by molar-refractivity contribution is 7.22. The van der Waals surface area contributed by atoms with Crippen LogP contribution in [0.5, 0.6) is 0 Å². The van der Waals surface area contributed by atoms with Gasteiger partial charge in [-0.05, 0) is 39.2 Å². The highest BCUT2D eigenvalue weighted by atomic mass is 35.5. The molecule has 1 heterocycles. The smallest absolute Gasteiger partial charge is 0.231 e. The van der Waals surface area contributed by atoms with E-state index in [9.17, 15) is 4.79 Å². The van der Waals surface area contributed by atoms with E-state index in [-0.39, 0.29) is 24.2 Å². The van der Waals surface area contributed by atoms with E-state index < -0.39 is 0 Å². The Morgan fingerprint density at radius 2 is 1.91 bits per heavy atom. The van der Waals surface area contributed by atoms with Crippen LogP contribution >= 0.6 is 23.7 Å². The van der Waals surface area contributed by atoms with Gasteiger partial charge in [0.15, 0.2) is 5.13 Å². The van der Waals surface area contributed by atoms with E-state index in [1.807, 2.05) is 57.1 Å². The molecule has 0 fully saturated rings. The van der Waals surface area contributed by atoms with Crippen molar-refractivity contribution in [2.75, 3.05) is 32.1 Å². The molecule has 0 aliphatic heterocycles. The van der Waals surface area contributed by atoms with Crippen LogP contribution in [0.25, 0.3) is 10.2 Å². The summed E-state index contributed by atoms with van der Waals surface area (Å²) in [6.07, 6.45) is 0.946. The Hall–Kier alpha value is -1.17. The fraction of sp³-hybridized carbons (Fsp3) is 0.500. The van der Waals surface area contributed by atoms with Gasteiger partial charge in [-0.2, -0.15) is 0 Å². The van der Waals surface area contributed by atoms with E-state index in [4.69, 9.17) is 0 Å². The molecule has 0 bridgehead atoms. The average Bonchev–Trinajstić information content (AvgIpc) is 2.85. The predicted molar refractivity (Wildman–Crippen MR) is 97.2 cm³/mol. The molecule has 0 saturated heterocycles. The maximum Gasteiger partial charge on any atom is 0.231 e. The molecule has 2 aromatic rings. The van der Waals surface area contributed by atoms with Gasteiger partial charge in [0.25, 0.3) is 0 Å². The molecule has 1 aromatic heterocycles. The molecule has 22 heavy (non-hydrogen) atoms. The Morgan fingerprint density at radius 3 is 2.50 bits per heavy atom. The molecule has 0 saturated carbocycles. The topological polar surface area (TPSA) is 36.4 Å². The second kappa shape index (κ2) is 8.46. The summed E-state index contributed by atoms with van der Waals surface area (Å²) in [6, 6.07) is 8.03. The minimum absolute atomic E-state index is 0. The van der Waals surface area contributed by atoms with Gasteiger partial charge in [0.1, 0.15) is 0 Å². The maximum absolute atomic E-state index is 12.5. The minimum atomic E-state index is -0.0173. The Balaban J connectivity index is 0.00000242. The van der Waals surface area contributed by atoms with Crippen molar-refractivity contribution in [3.05, 3.63) is 24.3 Å². The summed E-state index contributed by atoms with van der Waals surface area (Å²) in [5.41, 5.74) is 0.965. The van der Waals surface area contributed by atoms with E-state index in [2.05, 4.69) is 9.88 Å². The lowest BCUT2D eigenvalue weighted by atomic mass is 10.2.